The molecule has 0 saturated carbocycles. The Labute approximate surface area is 93.4 Å². The second-order valence-corrected chi connectivity index (χ2v) is 3.19. The van der Waals surface area contributed by atoms with Crippen LogP contribution in [0.1, 0.15) is 18.1 Å². The van der Waals surface area contributed by atoms with Crippen LogP contribution in [-0.4, -0.2) is 18.2 Å². The quantitative estimate of drug-likeness (QED) is 0.786. The lowest BCUT2D eigenvalue weighted by atomic mass is 10.0. The van der Waals surface area contributed by atoms with Crippen LogP contribution in [0.2, 0.25) is 0 Å². The number of hydrogen-bond acceptors (Lipinski definition) is 3. The molecule has 1 N–H and O–H groups in total. The van der Waals surface area contributed by atoms with E-state index in [1.807, 2.05) is 6.07 Å². The molecule has 0 aliphatic heterocycles. The predicted octanol–water partition coefficient (Wildman–Crippen LogP) is 2.05. The van der Waals surface area contributed by atoms with Crippen molar-refractivity contribution < 1.29 is 14.6 Å². The van der Waals surface area contributed by atoms with Gasteiger partial charge in [0.1, 0.15) is 5.75 Å². The summed E-state index contributed by atoms with van der Waals surface area (Å²) in [5.74, 6) is -0.458. The molecule has 16 heavy (non-hydrogen) atoms. The fourth-order valence-electron chi connectivity index (χ4n) is 1.35. The Hall–Kier alpha value is -2.28. The lowest BCUT2D eigenvalue weighted by Crippen LogP contribution is -1.93. The predicted molar refractivity (Wildman–Crippen MR) is 59.0 cm³/mol. The minimum Gasteiger partial charge on any atom is -0.497 e. The maximum atomic E-state index is 10.5. The Balaban J connectivity index is 3.25. The first-order valence-corrected chi connectivity index (χ1v) is 4.58. The minimum absolute atomic E-state index is 0.398. The van der Waals surface area contributed by atoms with Crippen molar-refractivity contribution in [2.24, 2.45) is 0 Å². The Morgan fingerprint density at radius 1 is 1.56 bits per heavy atom. The summed E-state index contributed by atoms with van der Waals surface area (Å²) in [5, 5.41) is 17.6. The zero-order valence-electron chi connectivity index (χ0n) is 9.02. The Bertz CT molecular complexity index is 484. The van der Waals surface area contributed by atoms with Crippen LogP contribution in [0, 0.1) is 11.3 Å². The Morgan fingerprint density at radius 2 is 2.25 bits per heavy atom. The van der Waals surface area contributed by atoms with Gasteiger partial charge in [0.15, 0.2) is 0 Å². The van der Waals surface area contributed by atoms with Gasteiger partial charge in [0, 0.05) is 6.08 Å². The van der Waals surface area contributed by atoms with E-state index in [0.717, 1.165) is 6.08 Å². The van der Waals surface area contributed by atoms with Crippen molar-refractivity contribution in [2.45, 2.75) is 6.92 Å². The van der Waals surface area contributed by atoms with Crippen molar-refractivity contribution in [1.29, 1.82) is 5.26 Å². The van der Waals surface area contributed by atoms with Gasteiger partial charge in [0.25, 0.3) is 0 Å². The molecular weight excluding hydrogens is 206 g/mol. The summed E-state index contributed by atoms with van der Waals surface area (Å²) in [6, 6.07) is 6.95. The number of benzene rings is 1. The van der Waals surface area contributed by atoms with Crippen molar-refractivity contribution in [3.8, 4) is 11.8 Å². The standard InChI is InChI=1S/C12H11NO3/c1-8(5-12(14)15)11-4-3-10(16-2)6-9(11)7-13/h3-6H,1-2H3,(H,14,15). The van der Waals surface area contributed by atoms with E-state index in [1.165, 1.54) is 7.11 Å². The number of aliphatic carboxylic acids is 1. The topological polar surface area (TPSA) is 70.3 Å². The molecule has 0 fully saturated rings. The van der Waals surface area contributed by atoms with Gasteiger partial charge in [0.05, 0.1) is 18.7 Å². The highest BCUT2D eigenvalue weighted by atomic mass is 16.5. The van der Waals surface area contributed by atoms with Crippen LogP contribution in [0.15, 0.2) is 24.3 Å². The van der Waals surface area contributed by atoms with Gasteiger partial charge in [-0.25, -0.2) is 4.79 Å². The third kappa shape index (κ3) is 2.61. The van der Waals surface area contributed by atoms with Gasteiger partial charge >= 0.3 is 5.97 Å². The van der Waals surface area contributed by atoms with Crippen LogP contribution in [0.25, 0.3) is 5.57 Å². The van der Waals surface area contributed by atoms with Gasteiger partial charge in [-0.3, -0.25) is 0 Å². The maximum absolute atomic E-state index is 10.5. The number of allylic oxidation sites excluding steroid dienone is 1. The van der Waals surface area contributed by atoms with Crippen LogP contribution in [0.4, 0.5) is 0 Å². The molecule has 4 heteroatoms. The second kappa shape index (κ2) is 4.99. The molecule has 4 nitrogen and oxygen atoms in total. The zero-order valence-corrected chi connectivity index (χ0v) is 9.02. The van der Waals surface area contributed by atoms with Crippen molar-refractivity contribution in [2.75, 3.05) is 7.11 Å². The highest BCUT2D eigenvalue weighted by molar-refractivity contribution is 5.90. The summed E-state index contributed by atoms with van der Waals surface area (Å²) in [7, 11) is 1.51. The van der Waals surface area contributed by atoms with Gasteiger partial charge in [-0.15, -0.1) is 0 Å². The molecule has 0 unspecified atom stereocenters. The van der Waals surface area contributed by atoms with Gasteiger partial charge in [-0.1, -0.05) is 0 Å². The summed E-state index contributed by atoms with van der Waals surface area (Å²) >= 11 is 0. The number of carbonyl (C=O) groups is 1. The van der Waals surface area contributed by atoms with Crippen molar-refractivity contribution in [1.82, 2.24) is 0 Å². The smallest absolute Gasteiger partial charge is 0.328 e. The van der Waals surface area contributed by atoms with E-state index in [2.05, 4.69) is 0 Å². The van der Waals surface area contributed by atoms with Crippen molar-refractivity contribution >= 4 is 11.5 Å². The first-order chi connectivity index (χ1) is 7.58. The van der Waals surface area contributed by atoms with Crippen LogP contribution >= 0.6 is 0 Å². The third-order valence-corrected chi connectivity index (χ3v) is 2.11. The summed E-state index contributed by atoms with van der Waals surface area (Å²) in [5.41, 5.74) is 1.53. The molecule has 0 heterocycles. The van der Waals surface area contributed by atoms with Crippen LogP contribution < -0.4 is 4.74 Å². The average Bonchev–Trinajstić information content (AvgIpc) is 2.27. The molecule has 0 bridgehead atoms. The van der Waals surface area contributed by atoms with Gasteiger partial charge in [0.2, 0.25) is 0 Å². The van der Waals surface area contributed by atoms with Gasteiger partial charge in [-0.2, -0.15) is 5.26 Å². The molecule has 1 rings (SSSR count). The first kappa shape index (κ1) is 11.8. The van der Waals surface area contributed by atoms with E-state index < -0.39 is 5.97 Å². The van der Waals surface area contributed by atoms with E-state index in [4.69, 9.17) is 15.1 Å². The summed E-state index contributed by atoms with van der Waals surface area (Å²) in [6.07, 6.45) is 1.07. The number of nitriles is 1. The number of ether oxygens (including phenoxy) is 1. The number of carboxylic acids is 1. The van der Waals surface area contributed by atoms with E-state index in [-0.39, 0.29) is 0 Å². The molecule has 82 valence electrons. The first-order valence-electron chi connectivity index (χ1n) is 4.58. The van der Waals surface area contributed by atoms with Gasteiger partial charge < -0.3 is 9.84 Å². The number of carboxylic acid groups (broad SMARTS) is 1. The number of hydrogen-bond donors (Lipinski definition) is 1. The van der Waals surface area contributed by atoms with Gasteiger partial charge in [-0.05, 0) is 36.3 Å². The monoisotopic (exact) mass is 217 g/mol. The summed E-state index contributed by atoms with van der Waals surface area (Å²) in [4.78, 5) is 10.5. The Morgan fingerprint density at radius 3 is 2.75 bits per heavy atom. The van der Waals surface area contributed by atoms with Crippen LogP contribution in [0.3, 0.4) is 0 Å². The molecule has 0 atom stereocenters. The molecule has 0 saturated heterocycles. The lowest BCUT2D eigenvalue weighted by Gasteiger charge is -2.06. The SMILES string of the molecule is COc1ccc(C(C)=CC(=O)O)c(C#N)c1. The highest BCUT2D eigenvalue weighted by Crippen LogP contribution is 2.23. The van der Waals surface area contributed by atoms with E-state index in [0.29, 0.717) is 22.4 Å². The molecule has 0 aromatic heterocycles. The van der Waals surface area contributed by atoms with Crippen molar-refractivity contribution in [3.63, 3.8) is 0 Å². The maximum Gasteiger partial charge on any atom is 0.328 e. The normalized spacial score (nSPS) is 10.7. The molecule has 0 radical (unpaired) electrons. The average molecular weight is 217 g/mol. The van der Waals surface area contributed by atoms with E-state index in [1.54, 1.807) is 25.1 Å². The third-order valence-electron chi connectivity index (χ3n) is 2.11. The van der Waals surface area contributed by atoms with Crippen molar-refractivity contribution in [3.05, 3.63) is 35.4 Å². The lowest BCUT2D eigenvalue weighted by molar-refractivity contribution is -0.131. The van der Waals surface area contributed by atoms with Crippen LogP contribution in [-0.2, 0) is 4.79 Å². The second-order valence-electron chi connectivity index (χ2n) is 3.19. The Kier molecular flexibility index (Phi) is 3.67. The molecule has 0 amide bonds. The summed E-state index contributed by atoms with van der Waals surface area (Å²) < 4.78 is 4.99. The van der Waals surface area contributed by atoms with Crippen LogP contribution in [0.5, 0.6) is 5.75 Å². The number of rotatable bonds is 3. The largest absolute Gasteiger partial charge is 0.497 e. The zero-order chi connectivity index (χ0) is 12.1. The van der Waals surface area contributed by atoms with E-state index >= 15 is 0 Å². The molecule has 0 aliphatic rings. The number of methoxy groups -OCH3 is 1. The molecule has 0 spiro atoms. The number of nitrogens with zero attached hydrogens (tertiary/aromatic N) is 1. The fourth-order valence-corrected chi connectivity index (χ4v) is 1.35. The summed E-state index contributed by atoms with van der Waals surface area (Å²) in [6.45, 7) is 1.65. The highest BCUT2D eigenvalue weighted by Gasteiger charge is 2.06. The van der Waals surface area contributed by atoms with E-state index in [9.17, 15) is 4.79 Å². The molecule has 0 aliphatic carbocycles. The minimum atomic E-state index is -1.03. The molecular formula is C12H11NO3. The molecule has 1 aromatic carbocycles. The molecule has 1 aromatic rings. The fraction of sp³-hybridized carbons (Fsp3) is 0.167.